The van der Waals surface area contributed by atoms with Crippen LogP contribution in [-0.4, -0.2) is 34.4 Å². The molecule has 1 aliphatic heterocycles. The molecular weight excluding hydrogens is 476 g/mol. The number of aliphatic hydroxyl groups excluding tert-OH is 1. The van der Waals surface area contributed by atoms with Crippen molar-refractivity contribution in [2.45, 2.75) is 13.0 Å². The molecule has 4 rings (SSSR count). The van der Waals surface area contributed by atoms with Crippen LogP contribution in [0.15, 0.2) is 72.8 Å². The van der Waals surface area contributed by atoms with Crippen LogP contribution in [0.25, 0.3) is 5.76 Å². The Morgan fingerprint density at radius 2 is 1.88 bits per heavy atom. The number of hydrogen-bond acceptors (Lipinski definition) is 7. The summed E-state index contributed by atoms with van der Waals surface area (Å²) in [4.78, 5) is 44.6. The predicted molar refractivity (Wildman–Crippen MR) is 130 cm³/mol. The summed E-state index contributed by atoms with van der Waals surface area (Å²) in [5, 5.41) is 11.7. The Labute approximate surface area is 204 Å². The number of nitrogens with zero attached hydrogens (tertiary/aromatic N) is 2. The third kappa shape index (κ3) is 4.25. The predicted octanol–water partition coefficient (Wildman–Crippen LogP) is 5.07. The Balaban J connectivity index is 1.86. The smallest absolute Gasteiger partial charge is 0.350 e. The molecule has 1 unspecified atom stereocenters. The highest BCUT2D eigenvalue weighted by atomic mass is 35.5. The molecular formula is C25H19ClN2O5S. The van der Waals surface area contributed by atoms with Crippen LogP contribution < -0.4 is 4.90 Å². The van der Waals surface area contributed by atoms with Crippen molar-refractivity contribution in [1.82, 2.24) is 4.98 Å². The summed E-state index contributed by atoms with van der Waals surface area (Å²) < 4.78 is 5.10. The van der Waals surface area contributed by atoms with E-state index in [1.54, 1.807) is 61.5 Å². The van der Waals surface area contributed by atoms with Crippen molar-refractivity contribution in [2.24, 2.45) is 0 Å². The number of Topliss-reactive ketones (excluding diaryl/α,β-unsaturated/α-hetero) is 1. The SMILES string of the molecule is C=CCOC(=O)c1sc(N2C(=O)C(=O)/C(=C(/O)c3ccc(Cl)cc3)C2c2ccccc2)nc1C. The zero-order valence-corrected chi connectivity index (χ0v) is 19.6. The number of ether oxygens (including phenoxy) is 1. The molecule has 9 heteroatoms. The van der Waals surface area contributed by atoms with Crippen molar-refractivity contribution in [1.29, 1.82) is 0 Å². The van der Waals surface area contributed by atoms with Crippen LogP contribution in [-0.2, 0) is 14.3 Å². The van der Waals surface area contributed by atoms with E-state index in [2.05, 4.69) is 11.6 Å². The van der Waals surface area contributed by atoms with Gasteiger partial charge in [0.2, 0.25) is 0 Å². The van der Waals surface area contributed by atoms with Gasteiger partial charge in [-0.15, -0.1) is 0 Å². The maximum Gasteiger partial charge on any atom is 0.350 e. The molecule has 0 radical (unpaired) electrons. The lowest BCUT2D eigenvalue weighted by atomic mass is 9.95. The van der Waals surface area contributed by atoms with Crippen molar-refractivity contribution >= 4 is 51.5 Å². The quantitative estimate of drug-likeness (QED) is 0.169. The average molecular weight is 495 g/mol. The van der Waals surface area contributed by atoms with Crippen LogP contribution in [0.4, 0.5) is 5.13 Å². The Bertz CT molecular complexity index is 1310. The lowest BCUT2D eigenvalue weighted by Crippen LogP contribution is -2.29. The van der Waals surface area contributed by atoms with E-state index in [0.717, 1.165) is 11.3 Å². The summed E-state index contributed by atoms with van der Waals surface area (Å²) in [5.41, 5.74) is 1.22. The third-order valence-electron chi connectivity index (χ3n) is 5.19. The highest BCUT2D eigenvalue weighted by molar-refractivity contribution is 7.17. The van der Waals surface area contributed by atoms with Crippen LogP contribution in [0, 0.1) is 6.92 Å². The molecule has 2 aromatic carbocycles. The lowest BCUT2D eigenvalue weighted by Gasteiger charge is -2.22. The summed E-state index contributed by atoms with van der Waals surface area (Å²) in [6.07, 6.45) is 1.44. The summed E-state index contributed by atoms with van der Waals surface area (Å²) in [6, 6.07) is 14.2. The molecule has 0 saturated carbocycles. The van der Waals surface area contributed by atoms with Gasteiger partial charge < -0.3 is 9.84 Å². The minimum atomic E-state index is -0.945. The zero-order valence-electron chi connectivity index (χ0n) is 18.0. The van der Waals surface area contributed by atoms with Gasteiger partial charge in [0.1, 0.15) is 17.2 Å². The molecule has 34 heavy (non-hydrogen) atoms. The number of amides is 1. The Morgan fingerprint density at radius 3 is 2.53 bits per heavy atom. The average Bonchev–Trinajstić information content (AvgIpc) is 3.35. The van der Waals surface area contributed by atoms with Gasteiger partial charge in [-0.3, -0.25) is 14.5 Å². The molecule has 2 heterocycles. The first kappa shape index (κ1) is 23.4. The fourth-order valence-electron chi connectivity index (χ4n) is 3.62. The summed E-state index contributed by atoms with van der Waals surface area (Å²) in [7, 11) is 0. The van der Waals surface area contributed by atoms with Crippen LogP contribution in [0.5, 0.6) is 0 Å². The minimum absolute atomic E-state index is 0.0289. The van der Waals surface area contributed by atoms with Gasteiger partial charge in [-0.2, -0.15) is 0 Å². The first-order valence-electron chi connectivity index (χ1n) is 10.2. The van der Waals surface area contributed by atoms with Gasteiger partial charge in [0, 0.05) is 10.6 Å². The molecule has 3 aromatic rings. The third-order valence-corrected chi connectivity index (χ3v) is 6.58. The summed E-state index contributed by atoms with van der Waals surface area (Å²) in [5.74, 6) is -2.64. The van der Waals surface area contributed by atoms with Gasteiger partial charge in [0.15, 0.2) is 5.13 Å². The molecule has 1 aliphatic rings. The van der Waals surface area contributed by atoms with E-state index >= 15 is 0 Å². The Hall–Kier alpha value is -3.75. The highest BCUT2D eigenvalue weighted by Gasteiger charge is 2.48. The number of aliphatic hydroxyl groups is 1. The van der Waals surface area contributed by atoms with E-state index in [0.29, 0.717) is 21.8 Å². The lowest BCUT2D eigenvalue weighted by molar-refractivity contribution is -0.132. The second kappa shape index (κ2) is 9.62. The second-order valence-electron chi connectivity index (χ2n) is 7.38. The maximum absolute atomic E-state index is 13.2. The Morgan fingerprint density at radius 1 is 1.21 bits per heavy atom. The van der Waals surface area contributed by atoms with Gasteiger partial charge in [-0.1, -0.05) is 65.9 Å². The van der Waals surface area contributed by atoms with E-state index in [1.165, 1.54) is 11.0 Å². The van der Waals surface area contributed by atoms with Gasteiger partial charge >= 0.3 is 11.9 Å². The molecule has 172 valence electrons. The number of esters is 1. The van der Waals surface area contributed by atoms with Gasteiger partial charge in [-0.05, 0) is 36.8 Å². The van der Waals surface area contributed by atoms with Crippen molar-refractivity contribution in [2.75, 3.05) is 11.5 Å². The summed E-state index contributed by atoms with van der Waals surface area (Å²) >= 11 is 6.90. The highest BCUT2D eigenvalue weighted by Crippen LogP contribution is 2.43. The van der Waals surface area contributed by atoms with Gasteiger partial charge in [0.25, 0.3) is 5.78 Å². The fraction of sp³-hybridized carbons (Fsp3) is 0.120. The van der Waals surface area contributed by atoms with Crippen LogP contribution in [0.1, 0.15) is 32.5 Å². The molecule has 1 aromatic heterocycles. The number of rotatable bonds is 6. The number of aromatic nitrogens is 1. The van der Waals surface area contributed by atoms with Crippen molar-refractivity contribution in [3.63, 3.8) is 0 Å². The fourth-order valence-corrected chi connectivity index (χ4v) is 4.73. The molecule has 0 spiro atoms. The normalized spacial score (nSPS) is 17.1. The maximum atomic E-state index is 13.2. The molecule has 1 N–H and O–H groups in total. The van der Waals surface area contributed by atoms with Gasteiger partial charge in [0.05, 0.1) is 17.3 Å². The number of carbonyl (C=O) groups excluding carboxylic acids is 3. The number of ketones is 1. The number of thiazole rings is 1. The van der Waals surface area contributed by atoms with E-state index in [1.807, 2.05) is 0 Å². The van der Waals surface area contributed by atoms with Gasteiger partial charge in [-0.25, -0.2) is 9.78 Å². The molecule has 7 nitrogen and oxygen atoms in total. The van der Waals surface area contributed by atoms with Crippen molar-refractivity contribution in [3.8, 4) is 0 Å². The largest absolute Gasteiger partial charge is 0.507 e. The number of carbonyl (C=O) groups is 3. The van der Waals surface area contributed by atoms with E-state index in [9.17, 15) is 19.5 Å². The first-order chi connectivity index (χ1) is 16.3. The van der Waals surface area contributed by atoms with E-state index < -0.39 is 23.7 Å². The number of benzene rings is 2. The Kier molecular flexibility index (Phi) is 6.63. The number of halogens is 1. The number of aryl methyl sites for hydroxylation is 1. The topological polar surface area (TPSA) is 96.8 Å². The van der Waals surface area contributed by atoms with Crippen molar-refractivity contribution in [3.05, 3.63) is 99.5 Å². The molecule has 1 atom stereocenters. The molecule has 1 amide bonds. The van der Waals surface area contributed by atoms with E-state index in [4.69, 9.17) is 16.3 Å². The minimum Gasteiger partial charge on any atom is -0.507 e. The molecule has 0 bridgehead atoms. The standard InChI is InChI=1S/C25H19ClN2O5S/c1-3-13-33-24(32)22-14(2)27-25(34-22)28-19(15-7-5-4-6-8-15)18(21(30)23(28)31)20(29)16-9-11-17(26)12-10-16/h3-12,19,29H,1,13H2,2H3/b20-18+. The van der Waals surface area contributed by atoms with Crippen LogP contribution in [0.3, 0.4) is 0 Å². The van der Waals surface area contributed by atoms with Crippen molar-refractivity contribution < 1.29 is 24.2 Å². The van der Waals surface area contributed by atoms with Crippen LogP contribution in [0.2, 0.25) is 5.02 Å². The summed E-state index contributed by atoms with van der Waals surface area (Å²) in [6.45, 7) is 5.16. The molecule has 1 saturated heterocycles. The zero-order chi connectivity index (χ0) is 24.4. The number of anilines is 1. The number of hydrogen-bond donors (Lipinski definition) is 1. The first-order valence-corrected chi connectivity index (χ1v) is 11.4. The van der Waals surface area contributed by atoms with Crippen LogP contribution >= 0.6 is 22.9 Å². The molecule has 1 fully saturated rings. The molecule has 0 aliphatic carbocycles. The monoisotopic (exact) mass is 494 g/mol. The second-order valence-corrected chi connectivity index (χ2v) is 8.80. The van der Waals surface area contributed by atoms with E-state index in [-0.39, 0.29) is 27.9 Å².